The van der Waals surface area contributed by atoms with Crippen molar-refractivity contribution in [1.82, 2.24) is 10.3 Å². The van der Waals surface area contributed by atoms with Crippen LogP contribution in [0, 0.1) is 12.3 Å². The zero-order chi connectivity index (χ0) is 22.8. The standard InChI is InChI=1S/C23H31N5O3/c1-14-6-7-19-16(12-14)13-18(21(29)25-15(2)24)20(27-19)28-10-8-17(9-11-28)26-22(30)31-23(3,4)5/h6-7,12-13,17H,8-11H2,1-5H3,(H,26,30)(H2,24,25,29)/p+1. The van der Waals surface area contributed by atoms with Crippen LogP contribution in [0.25, 0.3) is 10.9 Å². The number of hydrogen-bond acceptors (Lipinski definition) is 5. The Hall–Kier alpha value is -3.16. The molecule has 0 radical (unpaired) electrons. The summed E-state index contributed by atoms with van der Waals surface area (Å²) >= 11 is 0. The predicted molar refractivity (Wildman–Crippen MR) is 125 cm³/mol. The number of fused-ring (bicyclic) bond motifs is 1. The topological polar surface area (TPSA) is 114 Å². The van der Waals surface area contributed by atoms with Crippen LogP contribution in [0.15, 0.2) is 29.3 Å². The number of benzene rings is 1. The van der Waals surface area contributed by atoms with Gasteiger partial charge in [-0.25, -0.2) is 9.78 Å². The Morgan fingerprint density at radius 3 is 2.58 bits per heavy atom. The summed E-state index contributed by atoms with van der Waals surface area (Å²) in [4.78, 5) is 23.1. The van der Waals surface area contributed by atoms with E-state index >= 15 is 0 Å². The van der Waals surface area contributed by atoms with Crippen molar-refractivity contribution in [2.75, 3.05) is 18.0 Å². The number of nitrogens with one attached hydrogen (secondary N) is 2. The van der Waals surface area contributed by atoms with Crippen LogP contribution in [0.5, 0.6) is 0 Å². The maximum Gasteiger partial charge on any atom is 0.407 e. The second-order valence-corrected chi connectivity index (χ2v) is 9.01. The van der Waals surface area contributed by atoms with Crippen LogP contribution in [-0.4, -0.2) is 52.6 Å². The van der Waals surface area contributed by atoms with E-state index < -0.39 is 11.7 Å². The highest BCUT2D eigenvalue weighted by Gasteiger charge is 2.27. The number of alkyl carbamates (subject to hydrolysis) is 1. The molecule has 1 aliphatic rings. The first-order valence-corrected chi connectivity index (χ1v) is 10.5. The number of carbonyl (C=O) groups is 1. The number of ether oxygens (including phenoxy) is 1. The molecule has 0 unspecified atom stereocenters. The van der Waals surface area contributed by atoms with E-state index in [-0.39, 0.29) is 17.8 Å². The van der Waals surface area contributed by atoms with Crippen molar-refractivity contribution in [2.24, 2.45) is 4.99 Å². The fraction of sp³-hybridized carbons (Fsp3) is 0.478. The molecule has 1 amide bonds. The summed E-state index contributed by atoms with van der Waals surface area (Å²) in [5.74, 6) is 0.815. The van der Waals surface area contributed by atoms with Gasteiger partial charge in [0.1, 0.15) is 22.8 Å². The highest BCUT2D eigenvalue weighted by molar-refractivity contribution is 6.05. The minimum Gasteiger partial charge on any atom is -0.578 e. The van der Waals surface area contributed by atoms with Crippen molar-refractivity contribution >= 4 is 34.5 Å². The first-order valence-electron chi connectivity index (χ1n) is 10.5. The first kappa shape index (κ1) is 22.5. The van der Waals surface area contributed by atoms with Gasteiger partial charge in [-0.05, 0) is 65.7 Å². The Kier molecular flexibility index (Phi) is 6.48. The fourth-order valence-electron chi connectivity index (χ4n) is 3.64. The molecule has 1 aliphatic heterocycles. The largest absolute Gasteiger partial charge is 0.578 e. The SMILES string of the molecule is CC(=N)N=C([OH2+])c1cc2cc(C)ccc2nc1N1CCC(NC(=O)OC(C)(C)C)CC1. The van der Waals surface area contributed by atoms with Gasteiger partial charge in [0.2, 0.25) is 0 Å². The lowest BCUT2D eigenvalue weighted by Crippen LogP contribution is -2.46. The van der Waals surface area contributed by atoms with E-state index in [1.54, 1.807) is 6.92 Å². The van der Waals surface area contributed by atoms with Gasteiger partial charge in [-0.1, -0.05) is 11.6 Å². The van der Waals surface area contributed by atoms with Crippen molar-refractivity contribution in [3.63, 3.8) is 0 Å². The number of piperidine rings is 1. The van der Waals surface area contributed by atoms with Crippen molar-refractivity contribution < 1.29 is 14.6 Å². The molecular weight excluding hydrogens is 394 g/mol. The van der Waals surface area contributed by atoms with E-state index in [0.29, 0.717) is 24.5 Å². The molecule has 3 rings (SSSR count). The highest BCUT2D eigenvalue weighted by atomic mass is 16.6. The summed E-state index contributed by atoms with van der Waals surface area (Å²) in [6.07, 6.45) is 1.11. The van der Waals surface area contributed by atoms with Crippen LogP contribution in [0.1, 0.15) is 51.7 Å². The Labute approximate surface area is 182 Å². The summed E-state index contributed by atoms with van der Waals surface area (Å²) in [6, 6.07) is 8.01. The second-order valence-electron chi connectivity index (χ2n) is 9.01. The fourth-order valence-corrected chi connectivity index (χ4v) is 3.64. The van der Waals surface area contributed by atoms with Gasteiger partial charge in [-0.3, -0.25) is 5.41 Å². The molecule has 0 aliphatic carbocycles. The van der Waals surface area contributed by atoms with Gasteiger partial charge in [-0.15, -0.1) is 0 Å². The van der Waals surface area contributed by atoms with Crippen LogP contribution in [0.2, 0.25) is 0 Å². The molecule has 31 heavy (non-hydrogen) atoms. The van der Waals surface area contributed by atoms with Crippen molar-refractivity contribution in [1.29, 1.82) is 5.41 Å². The monoisotopic (exact) mass is 426 g/mol. The van der Waals surface area contributed by atoms with E-state index in [1.165, 1.54) is 0 Å². The van der Waals surface area contributed by atoms with Crippen LogP contribution in [0.4, 0.5) is 10.6 Å². The predicted octanol–water partition coefficient (Wildman–Crippen LogP) is 3.51. The molecule has 1 saturated heterocycles. The van der Waals surface area contributed by atoms with Gasteiger partial charge in [0, 0.05) is 24.5 Å². The maximum atomic E-state index is 12.1. The number of nitrogens with zero attached hydrogens (tertiary/aromatic N) is 3. The molecule has 8 nitrogen and oxygen atoms in total. The van der Waals surface area contributed by atoms with E-state index in [2.05, 4.69) is 15.2 Å². The summed E-state index contributed by atoms with van der Waals surface area (Å²) in [6.45, 7) is 10.5. The van der Waals surface area contributed by atoms with Crippen LogP contribution in [-0.2, 0) is 4.74 Å². The van der Waals surface area contributed by atoms with E-state index in [4.69, 9.17) is 20.2 Å². The molecule has 1 aromatic heterocycles. The lowest BCUT2D eigenvalue weighted by molar-refractivity contribution is 0.0497. The van der Waals surface area contributed by atoms with E-state index in [1.807, 2.05) is 52.0 Å². The Morgan fingerprint density at radius 2 is 1.97 bits per heavy atom. The molecule has 1 fully saturated rings. The minimum absolute atomic E-state index is 0.0330. The molecule has 0 bridgehead atoms. The van der Waals surface area contributed by atoms with Gasteiger partial charge in [0.25, 0.3) is 0 Å². The molecule has 8 heteroatoms. The molecule has 2 aromatic rings. The number of amides is 1. The summed E-state index contributed by atoms with van der Waals surface area (Å²) in [7, 11) is 0. The number of rotatable bonds is 3. The number of anilines is 1. The summed E-state index contributed by atoms with van der Waals surface area (Å²) in [5, 5.41) is 20.0. The molecule has 1 aromatic carbocycles. The van der Waals surface area contributed by atoms with Crippen molar-refractivity contribution in [2.45, 2.75) is 59.1 Å². The van der Waals surface area contributed by atoms with Gasteiger partial charge in [0.15, 0.2) is 0 Å². The number of carbonyl (C=O) groups excluding carboxylic acids is 1. The quantitative estimate of drug-likeness (QED) is 0.444. The minimum atomic E-state index is -0.524. The van der Waals surface area contributed by atoms with E-state index in [0.717, 1.165) is 29.3 Å². The van der Waals surface area contributed by atoms with Crippen LogP contribution in [0.3, 0.4) is 0 Å². The average molecular weight is 427 g/mol. The number of pyridine rings is 1. The third kappa shape index (κ3) is 5.93. The molecule has 4 N–H and O–H groups in total. The molecule has 2 heterocycles. The Morgan fingerprint density at radius 1 is 1.29 bits per heavy atom. The number of aryl methyl sites for hydroxylation is 1. The lowest BCUT2D eigenvalue weighted by atomic mass is 10.0. The molecule has 0 spiro atoms. The average Bonchev–Trinajstić information content (AvgIpc) is 2.65. The summed E-state index contributed by atoms with van der Waals surface area (Å²) in [5.41, 5.74) is 2.07. The number of amidine groups is 1. The van der Waals surface area contributed by atoms with Crippen LogP contribution < -0.4 is 10.2 Å². The first-order chi connectivity index (χ1) is 14.5. The van der Waals surface area contributed by atoms with E-state index in [9.17, 15) is 4.79 Å². The molecule has 0 saturated carbocycles. The lowest BCUT2D eigenvalue weighted by Gasteiger charge is -2.34. The van der Waals surface area contributed by atoms with Crippen molar-refractivity contribution in [3.8, 4) is 0 Å². The number of hydrogen-bond donors (Lipinski definition) is 2. The molecule has 166 valence electrons. The Bertz CT molecular complexity index is 1020. The molecular formula is C23H32N5O3+. The highest BCUT2D eigenvalue weighted by Crippen LogP contribution is 2.27. The third-order valence-electron chi connectivity index (χ3n) is 5.00. The zero-order valence-corrected chi connectivity index (χ0v) is 18.9. The third-order valence-corrected chi connectivity index (χ3v) is 5.00. The van der Waals surface area contributed by atoms with Crippen molar-refractivity contribution in [3.05, 3.63) is 35.4 Å². The maximum absolute atomic E-state index is 12.1. The zero-order valence-electron chi connectivity index (χ0n) is 18.9. The summed E-state index contributed by atoms with van der Waals surface area (Å²) < 4.78 is 5.36. The van der Waals surface area contributed by atoms with Gasteiger partial charge < -0.3 is 20.1 Å². The molecule has 0 atom stereocenters. The second kappa shape index (κ2) is 8.91. The van der Waals surface area contributed by atoms with Crippen LogP contribution >= 0.6 is 0 Å². The smallest absolute Gasteiger partial charge is 0.407 e. The normalized spacial score (nSPS) is 15.8. The number of aliphatic imine (C=N–C) groups is 1. The van der Waals surface area contributed by atoms with Gasteiger partial charge in [-0.2, -0.15) is 4.99 Å². The number of aromatic nitrogens is 1. The van der Waals surface area contributed by atoms with Gasteiger partial charge >= 0.3 is 12.0 Å². The Balaban J connectivity index is 1.83. The van der Waals surface area contributed by atoms with Gasteiger partial charge in [0.05, 0.1) is 5.52 Å².